The first-order valence-electron chi connectivity index (χ1n) is 6.01. The van der Waals surface area contributed by atoms with Gasteiger partial charge in [-0.1, -0.05) is 13.8 Å². The highest BCUT2D eigenvalue weighted by atomic mass is 16.1. The van der Waals surface area contributed by atoms with Gasteiger partial charge < -0.3 is 4.98 Å². The van der Waals surface area contributed by atoms with Crippen LogP contribution in [0.4, 0.5) is 0 Å². The van der Waals surface area contributed by atoms with Gasteiger partial charge in [0.1, 0.15) is 11.6 Å². The first-order chi connectivity index (χ1) is 8.00. The van der Waals surface area contributed by atoms with E-state index in [1.807, 2.05) is 13.8 Å². The Hall–Kier alpha value is -1.45. The zero-order valence-electron chi connectivity index (χ0n) is 10.7. The van der Waals surface area contributed by atoms with Gasteiger partial charge in [-0.15, -0.1) is 0 Å². The number of hydrogen-bond donors (Lipinski definition) is 1. The second-order valence-electron chi connectivity index (χ2n) is 4.73. The van der Waals surface area contributed by atoms with Crippen molar-refractivity contribution in [2.75, 3.05) is 0 Å². The fraction of sp³-hybridized carbons (Fsp3) is 0.615. The van der Waals surface area contributed by atoms with Gasteiger partial charge in [-0.2, -0.15) is 0 Å². The molecule has 0 bridgehead atoms. The highest BCUT2D eigenvalue weighted by Crippen LogP contribution is 2.15. The number of carbonyl (C=O) groups is 2. The number of nitrogens with zero attached hydrogens (tertiary/aromatic N) is 1. The van der Waals surface area contributed by atoms with Crippen LogP contribution in [0.2, 0.25) is 0 Å². The maximum absolute atomic E-state index is 11.5. The lowest BCUT2D eigenvalue weighted by molar-refractivity contribution is -0.123. The van der Waals surface area contributed by atoms with Crippen LogP contribution in [0, 0.1) is 11.8 Å². The molecule has 0 aliphatic heterocycles. The molecule has 1 aromatic rings. The molecule has 1 atom stereocenters. The van der Waals surface area contributed by atoms with Gasteiger partial charge >= 0.3 is 0 Å². The van der Waals surface area contributed by atoms with Crippen LogP contribution in [0.3, 0.4) is 0 Å². The minimum Gasteiger partial charge on any atom is -0.351 e. The van der Waals surface area contributed by atoms with E-state index in [1.54, 1.807) is 19.4 Å². The second kappa shape index (κ2) is 6.33. The quantitative estimate of drug-likeness (QED) is 0.789. The van der Waals surface area contributed by atoms with Gasteiger partial charge in [-0.25, -0.2) is 4.98 Å². The third kappa shape index (κ3) is 4.51. The summed E-state index contributed by atoms with van der Waals surface area (Å²) in [5.41, 5.74) is 0.877. The van der Waals surface area contributed by atoms with Crippen molar-refractivity contribution in [3.63, 3.8) is 0 Å². The Morgan fingerprint density at radius 2 is 2.12 bits per heavy atom. The Labute approximate surface area is 102 Å². The Morgan fingerprint density at radius 3 is 2.59 bits per heavy atom. The van der Waals surface area contributed by atoms with Gasteiger partial charge in [0.15, 0.2) is 0 Å². The van der Waals surface area contributed by atoms with Crippen molar-refractivity contribution in [3.05, 3.63) is 18.2 Å². The predicted molar refractivity (Wildman–Crippen MR) is 65.5 cm³/mol. The smallest absolute Gasteiger partial charge is 0.135 e. The second-order valence-corrected chi connectivity index (χ2v) is 4.73. The summed E-state index contributed by atoms with van der Waals surface area (Å²) in [7, 11) is 0. The number of ketones is 2. The summed E-state index contributed by atoms with van der Waals surface area (Å²) in [6.45, 7) is 5.36. The largest absolute Gasteiger partial charge is 0.351 e. The molecular formula is C13H20N2O2. The summed E-state index contributed by atoms with van der Waals surface area (Å²) in [4.78, 5) is 30.0. The molecule has 0 aliphatic carbocycles. The lowest BCUT2D eigenvalue weighted by atomic mass is 9.91. The van der Waals surface area contributed by atoms with E-state index in [0.29, 0.717) is 19.3 Å². The Kier molecular flexibility index (Phi) is 5.07. The lowest BCUT2D eigenvalue weighted by Gasteiger charge is -2.12. The van der Waals surface area contributed by atoms with Crippen LogP contribution in [0.25, 0.3) is 0 Å². The predicted octanol–water partition coefficient (Wildman–Crippen LogP) is 2.16. The average Bonchev–Trinajstić information content (AvgIpc) is 2.75. The number of Topliss-reactive ketones (excluding diaryl/α,β-unsaturated/α-hetero) is 2. The topological polar surface area (TPSA) is 62.8 Å². The van der Waals surface area contributed by atoms with E-state index >= 15 is 0 Å². The minimum absolute atomic E-state index is 0.0491. The summed E-state index contributed by atoms with van der Waals surface area (Å²) in [6.07, 6.45) is 5.11. The molecule has 0 saturated heterocycles. The molecule has 0 fully saturated rings. The molecular weight excluding hydrogens is 216 g/mol. The molecule has 0 radical (unpaired) electrons. The van der Waals surface area contributed by atoms with Crippen LogP contribution in [0.15, 0.2) is 12.5 Å². The summed E-state index contributed by atoms with van der Waals surface area (Å²) < 4.78 is 0. The first kappa shape index (κ1) is 13.6. The first-order valence-corrected chi connectivity index (χ1v) is 6.01. The summed E-state index contributed by atoms with van der Waals surface area (Å²) in [5.74, 6) is 0.303. The highest BCUT2D eigenvalue weighted by molar-refractivity contribution is 5.82. The SMILES string of the molecule is CC(=O)[C@@H](CCC(=O)C(C)C)Cc1c[nH]cn1. The highest BCUT2D eigenvalue weighted by Gasteiger charge is 2.18. The molecule has 1 rings (SSSR count). The van der Waals surface area contributed by atoms with E-state index in [9.17, 15) is 9.59 Å². The molecule has 0 aliphatic rings. The van der Waals surface area contributed by atoms with Crippen molar-refractivity contribution < 1.29 is 9.59 Å². The van der Waals surface area contributed by atoms with Crippen LogP contribution in [0.5, 0.6) is 0 Å². The van der Waals surface area contributed by atoms with Crippen molar-refractivity contribution in [2.45, 2.75) is 40.0 Å². The van der Waals surface area contributed by atoms with Crippen molar-refractivity contribution >= 4 is 11.6 Å². The van der Waals surface area contributed by atoms with E-state index in [4.69, 9.17) is 0 Å². The molecule has 0 saturated carbocycles. The van der Waals surface area contributed by atoms with Gasteiger partial charge in [-0.05, 0) is 13.3 Å². The zero-order valence-corrected chi connectivity index (χ0v) is 10.7. The normalized spacial score (nSPS) is 12.7. The fourth-order valence-corrected chi connectivity index (χ4v) is 1.71. The Bertz CT molecular complexity index is 369. The van der Waals surface area contributed by atoms with E-state index in [-0.39, 0.29) is 23.4 Å². The number of hydrogen-bond acceptors (Lipinski definition) is 3. The number of rotatable bonds is 7. The summed E-state index contributed by atoms with van der Waals surface area (Å²) in [6, 6.07) is 0. The monoisotopic (exact) mass is 236 g/mol. The molecule has 94 valence electrons. The van der Waals surface area contributed by atoms with Crippen LogP contribution >= 0.6 is 0 Å². The van der Waals surface area contributed by atoms with Crippen molar-refractivity contribution in [3.8, 4) is 0 Å². The summed E-state index contributed by atoms with van der Waals surface area (Å²) in [5, 5.41) is 0. The van der Waals surface area contributed by atoms with Crippen LogP contribution in [-0.2, 0) is 16.0 Å². The number of aromatic amines is 1. The molecule has 4 heteroatoms. The number of nitrogens with one attached hydrogen (secondary N) is 1. The molecule has 1 aromatic heterocycles. The molecule has 1 N–H and O–H groups in total. The van der Waals surface area contributed by atoms with Gasteiger partial charge in [0, 0.05) is 30.9 Å². The van der Waals surface area contributed by atoms with Crippen molar-refractivity contribution in [2.24, 2.45) is 11.8 Å². The van der Waals surface area contributed by atoms with E-state index in [2.05, 4.69) is 9.97 Å². The molecule has 0 spiro atoms. The standard InChI is InChI=1S/C13H20N2O2/c1-9(2)13(17)5-4-11(10(3)16)6-12-7-14-8-15-12/h7-9,11H,4-6H2,1-3H3,(H,14,15)/t11-/m0/s1. The molecule has 1 heterocycles. The molecule has 0 unspecified atom stereocenters. The van der Waals surface area contributed by atoms with Gasteiger partial charge in [0.25, 0.3) is 0 Å². The maximum atomic E-state index is 11.5. The average molecular weight is 236 g/mol. The van der Waals surface area contributed by atoms with E-state index < -0.39 is 0 Å². The number of H-pyrrole nitrogens is 1. The van der Waals surface area contributed by atoms with Crippen LogP contribution in [0.1, 0.15) is 39.3 Å². The molecule has 4 nitrogen and oxygen atoms in total. The van der Waals surface area contributed by atoms with Crippen LogP contribution < -0.4 is 0 Å². The van der Waals surface area contributed by atoms with Crippen molar-refractivity contribution in [1.82, 2.24) is 9.97 Å². The Morgan fingerprint density at radius 1 is 1.41 bits per heavy atom. The van der Waals surface area contributed by atoms with Gasteiger partial charge in [0.2, 0.25) is 0 Å². The number of aromatic nitrogens is 2. The third-order valence-electron chi connectivity index (χ3n) is 2.97. The van der Waals surface area contributed by atoms with E-state index in [0.717, 1.165) is 5.69 Å². The number of carbonyl (C=O) groups excluding carboxylic acids is 2. The summed E-state index contributed by atoms with van der Waals surface area (Å²) >= 11 is 0. The third-order valence-corrected chi connectivity index (χ3v) is 2.97. The zero-order chi connectivity index (χ0) is 12.8. The van der Waals surface area contributed by atoms with E-state index in [1.165, 1.54) is 0 Å². The number of imidazole rings is 1. The maximum Gasteiger partial charge on any atom is 0.135 e. The Balaban J connectivity index is 2.50. The molecule has 0 aromatic carbocycles. The van der Waals surface area contributed by atoms with Gasteiger partial charge in [-0.3, -0.25) is 9.59 Å². The van der Waals surface area contributed by atoms with Crippen LogP contribution in [-0.4, -0.2) is 21.5 Å². The minimum atomic E-state index is -0.0963. The lowest BCUT2D eigenvalue weighted by Crippen LogP contribution is -2.17. The van der Waals surface area contributed by atoms with Gasteiger partial charge in [0.05, 0.1) is 12.0 Å². The van der Waals surface area contributed by atoms with Crippen molar-refractivity contribution in [1.29, 1.82) is 0 Å². The molecule has 0 amide bonds. The molecule has 17 heavy (non-hydrogen) atoms. The fourth-order valence-electron chi connectivity index (χ4n) is 1.71.